The monoisotopic (exact) mass is 182 g/mol. The fourth-order valence-electron chi connectivity index (χ4n) is 1.46. The lowest BCUT2D eigenvalue weighted by atomic mass is 10.1. The van der Waals surface area contributed by atoms with Crippen LogP contribution in [-0.4, -0.2) is 11.6 Å². The molecule has 0 N–H and O–H groups in total. The van der Waals surface area contributed by atoms with E-state index in [1.165, 1.54) is 12.0 Å². The number of carbonyl (C=O) groups excluding carboxylic acids is 1. The van der Waals surface area contributed by atoms with Crippen LogP contribution in [0.1, 0.15) is 46.5 Å². The van der Waals surface area contributed by atoms with Gasteiger partial charge < -0.3 is 4.74 Å². The van der Waals surface area contributed by atoms with Gasteiger partial charge in [-0.3, -0.25) is 4.79 Å². The highest BCUT2D eigenvalue weighted by Gasteiger charge is 2.17. The smallest absolute Gasteiger partial charge is 0.310 e. The van der Waals surface area contributed by atoms with Crippen LogP contribution in [0.25, 0.3) is 0 Å². The number of hydrogen-bond donors (Lipinski definition) is 0. The van der Waals surface area contributed by atoms with Gasteiger partial charge in [0, 0.05) is 0 Å². The number of hydrogen-bond acceptors (Lipinski definition) is 2. The summed E-state index contributed by atoms with van der Waals surface area (Å²) in [7, 11) is 0. The SMILES string of the molecule is CC(C)(C)OC(=O)CC1=CCCC1. The highest BCUT2D eigenvalue weighted by molar-refractivity contribution is 5.73. The van der Waals surface area contributed by atoms with Crippen molar-refractivity contribution >= 4 is 5.97 Å². The molecule has 0 unspecified atom stereocenters. The Morgan fingerprint density at radius 3 is 2.69 bits per heavy atom. The second-order valence-electron chi connectivity index (χ2n) is 4.52. The maximum absolute atomic E-state index is 11.4. The van der Waals surface area contributed by atoms with Gasteiger partial charge in [-0.05, 0) is 40.0 Å². The van der Waals surface area contributed by atoms with Gasteiger partial charge in [0.05, 0.1) is 6.42 Å². The molecule has 0 saturated heterocycles. The molecule has 2 nitrogen and oxygen atoms in total. The van der Waals surface area contributed by atoms with Crippen LogP contribution < -0.4 is 0 Å². The van der Waals surface area contributed by atoms with Crippen molar-refractivity contribution in [2.75, 3.05) is 0 Å². The van der Waals surface area contributed by atoms with Gasteiger partial charge in [-0.1, -0.05) is 11.6 Å². The summed E-state index contributed by atoms with van der Waals surface area (Å²) in [6.45, 7) is 5.69. The molecule has 0 heterocycles. The van der Waals surface area contributed by atoms with Crippen molar-refractivity contribution in [3.05, 3.63) is 11.6 Å². The van der Waals surface area contributed by atoms with E-state index in [2.05, 4.69) is 6.08 Å². The molecule has 1 aliphatic rings. The van der Waals surface area contributed by atoms with E-state index in [-0.39, 0.29) is 11.6 Å². The van der Waals surface area contributed by atoms with E-state index in [0.717, 1.165) is 12.8 Å². The van der Waals surface area contributed by atoms with E-state index < -0.39 is 0 Å². The fraction of sp³-hybridized carbons (Fsp3) is 0.727. The molecular formula is C11H18O2. The number of esters is 1. The average molecular weight is 182 g/mol. The molecular weight excluding hydrogens is 164 g/mol. The molecule has 0 atom stereocenters. The Hall–Kier alpha value is -0.790. The van der Waals surface area contributed by atoms with Crippen molar-refractivity contribution in [3.8, 4) is 0 Å². The molecule has 0 amide bonds. The first-order valence-electron chi connectivity index (χ1n) is 4.87. The first kappa shape index (κ1) is 10.3. The lowest BCUT2D eigenvalue weighted by Crippen LogP contribution is -2.23. The molecule has 0 aliphatic heterocycles. The predicted molar refractivity (Wildman–Crippen MR) is 52.4 cm³/mol. The van der Waals surface area contributed by atoms with Crippen molar-refractivity contribution in [2.24, 2.45) is 0 Å². The van der Waals surface area contributed by atoms with Crippen LogP contribution in [0, 0.1) is 0 Å². The van der Waals surface area contributed by atoms with E-state index in [1.54, 1.807) is 0 Å². The molecule has 0 aromatic heterocycles. The largest absolute Gasteiger partial charge is 0.460 e. The quantitative estimate of drug-likeness (QED) is 0.485. The first-order chi connectivity index (χ1) is 5.97. The lowest BCUT2D eigenvalue weighted by Gasteiger charge is -2.19. The molecule has 74 valence electrons. The standard InChI is InChI=1S/C11H18O2/c1-11(2,3)13-10(12)8-9-6-4-5-7-9/h6H,4-5,7-8H2,1-3H3. The van der Waals surface area contributed by atoms with Gasteiger partial charge in [-0.2, -0.15) is 0 Å². The van der Waals surface area contributed by atoms with Gasteiger partial charge in [0.2, 0.25) is 0 Å². The Morgan fingerprint density at radius 1 is 1.54 bits per heavy atom. The van der Waals surface area contributed by atoms with Crippen LogP contribution in [0.3, 0.4) is 0 Å². The van der Waals surface area contributed by atoms with Gasteiger partial charge in [0.1, 0.15) is 5.60 Å². The highest BCUT2D eigenvalue weighted by Crippen LogP contribution is 2.21. The predicted octanol–water partition coefficient (Wildman–Crippen LogP) is 2.83. The number of carbonyl (C=O) groups is 1. The number of allylic oxidation sites excluding steroid dienone is 1. The number of rotatable bonds is 2. The second-order valence-corrected chi connectivity index (χ2v) is 4.52. The van der Waals surface area contributed by atoms with Gasteiger partial charge in [0.15, 0.2) is 0 Å². The highest BCUT2D eigenvalue weighted by atomic mass is 16.6. The zero-order valence-electron chi connectivity index (χ0n) is 8.72. The van der Waals surface area contributed by atoms with Crippen LogP contribution in [0.2, 0.25) is 0 Å². The summed E-state index contributed by atoms with van der Waals surface area (Å²) < 4.78 is 5.22. The van der Waals surface area contributed by atoms with E-state index in [0.29, 0.717) is 6.42 Å². The third-order valence-electron chi connectivity index (χ3n) is 1.93. The Labute approximate surface area is 80.0 Å². The summed E-state index contributed by atoms with van der Waals surface area (Å²) in [6.07, 6.45) is 6.02. The Bertz CT molecular complexity index is 221. The normalized spacial score (nSPS) is 17.0. The van der Waals surface area contributed by atoms with Gasteiger partial charge in [-0.15, -0.1) is 0 Å². The number of ether oxygens (including phenoxy) is 1. The minimum Gasteiger partial charge on any atom is -0.460 e. The van der Waals surface area contributed by atoms with E-state index in [9.17, 15) is 4.79 Å². The molecule has 1 rings (SSSR count). The Kier molecular flexibility index (Phi) is 3.12. The molecule has 0 saturated carbocycles. The Morgan fingerprint density at radius 2 is 2.23 bits per heavy atom. The molecule has 0 spiro atoms. The van der Waals surface area contributed by atoms with E-state index in [4.69, 9.17) is 4.74 Å². The van der Waals surface area contributed by atoms with E-state index in [1.807, 2.05) is 20.8 Å². The fourth-order valence-corrected chi connectivity index (χ4v) is 1.46. The van der Waals surface area contributed by atoms with Gasteiger partial charge in [-0.25, -0.2) is 0 Å². The molecule has 0 fully saturated rings. The topological polar surface area (TPSA) is 26.3 Å². The van der Waals surface area contributed by atoms with Crippen molar-refractivity contribution in [3.63, 3.8) is 0 Å². The van der Waals surface area contributed by atoms with Gasteiger partial charge >= 0.3 is 5.97 Å². The molecule has 2 heteroatoms. The first-order valence-corrected chi connectivity index (χ1v) is 4.87. The molecule has 0 aromatic carbocycles. The van der Waals surface area contributed by atoms with Crippen LogP contribution in [-0.2, 0) is 9.53 Å². The average Bonchev–Trinajstić information content (AvgIpc) is 2.34. The lowest BCUT2D eigenvalue weighted by molar-refractivity contribution is -0.153. The van der Waals surface area contributed by atoms with Crippen molar-refractivity contribution in [1.29, 1.82) is 0 Å². The van der Waals surface area contributed by atoms with Gasteiger partial charge in [0.25, 0.3) is 0 Å². The molecule has 0 radical (unpaired) electrons. The third kappa shape index (κ3) is 4.11. The zero-order chi connectivity index (χ0) is 9.90. The summed E-state index contributed by atoms with van der Waals surface area (Å²) >= 11 is 0. The molecule has 0 bridgehead atoms. The maximum atomic E-state index is 11.4. The minimum atomic E-state index is -0.351. The van der Waals surface area contributed by atoms with Crippen molar-refractivity contribution in [1.82, 2.24) is 0 Å². The molecule has 13 heavy (non-hydrogen) atoms. The summed E-state index contributed by atoms with van der Waals surface area (Å²) in [6, 6.07) is 0. The zero-order valence-corrected chi connectivity index (χ0v) is 8.72. The molecule has 1 aliphatic carbocycles. The summed E-state index contributed by atoms with van der Waals surface area (Å²) in [5.41, 5.74) is 0.894. The minimum absolute atomic E-state index is 0.0966. The summed E-state index contributed by atoms with van der Waals surface area (Å²) in [4.78, 5) is 11.4. The summed E-state index contributed by atoms with van der Waals surface area (Å²) in [5.74, 6) is -0.0966. The van der Waals surface area contributed by atoms with Crippen LogP contribution in [0.15, 0.2) is 11.6 Å². The molecule has 0 aromatic rings. The van der Waals surface area contributed by atoms with Crippen LogP contribution in [0.4, 0.5) is 0 Å². The third-order valence-corrected chi connectivity index (χ3v) is 1.93. The summed E-state index contributed by atoms with van der Waals surface area (Å²) in [5, 5.41) is 0. The van der Waals surface area contributed by atoms with E-state index >= 15 is 0 Å². The van der Waals surface area contributed by atoms with Crippen LogP contribution in [0.5, 0.6) is 0 Å². The van der Waals surface area contributed by atoms with Crippen molar-refractivity contribution < 1.29 is 9.53 Å². The maximum Gasteiger partial charge on any atom is 0.310 e. The second kappa shape index (κ2) is 3.95. The Balaban J connectivity index is 2.33. The van der Waals surface area contributed by atoms with Crippen LogP contribution >= 0.6 is 0 Å². The van der Waals surface area contributed by atoms with Crippen molar-refractivity contribution in [2.45, 2.75) is 52.1 Å².